The van der Waals surface area contributed by atoms with E-state index < -0.39 is 0 Å². The number of hydrogen-bond donors (Lipinski definition) is 1. The zero-order chi connectivity index (χ0) is 15.0. The Kier molecular flexibility index (Phi) is 6.75. The molecular weight excluding hydrogens is 252 g/mol. The summed E-state index contributed by atoms with van der Waals surface area (Å²) >= 11 is 0. The van der Waals surface area contributed by atoms with Crippen LogP contribution in [0, 0.1) is 11.8 Å². The lowest BCUT2D eigenvalue weighted by Crippen LogP contribution is -2.36. The molecule has 0 spiro atoms. The molecule has 20 heavy (non-hydrogen) atoms. The third-order valence-corrected chi connectivity index (χ3v) is 3.26. The standard InChI is InChI=1S/C16H22N2O2/c1-4-14(5-2)18(3)16(20)15-10-9-13(12-17-15)8-6-7-11-19/h9-10,12,14,19H,4-5,7,11H2,1-3H3. The normalized spacial score (nSPS) is 10.1. The average Bonchev–Trinajstić information content (AvgIpc) is 2.48. The molecule has 0 unspecified atom stereocenters. The molecule has 0 aliphatic heterocycles. The van der Waals surface area contributed by atoms with Gasteiger partial charge in [0.05, 0.1) is 6.61 Å². The third-order valence-electron chi connectivity index (χ3n) is 3.26. The maximum atomic E-state index is 12.3. The molecule has 1 rings (SSSR count). The first kappa shape index (κ1) is 16.2. The van der Waals surface area contributed by atoms with Crippen molar-refractivity contribution in [2.45, 2.75) is 39.2 Å². The number of aliphatic hydroxyl groups is 1. The first-order chi connectivity index (χ1) is 9.63. The van der Waals surface area contributed by atoms with Gasteiger partial charge in [-0.25, -0.2) is 4.98 Å². The Labute approximate surface area is 120 Å². The Morgan fingerprint density at radius 1 is 1.40 bits per heavy atom. The molecule has 0 saturated heterocycles. The van der Waals surface area contributed by atoms with Gasteiger partial charge < -0.3 is 10.0 Å². The van der Waals surface area contributed by atoms with Crippen molar-refractivity contribution in [1.29, 1.82) is 0 Å². The van der Waals surface area contributed by atoms with Crippen molar-refractivity contribution in [1.82, 2.24) is 9.88 Å². The van der Waals surface area contributed by atoms with E-state index in [-0.39, 0.29) is 18.6 Å². The zero-order valence-corrected chi connectivity index (χ0v) is 12.4. The number of carbonyl (C=O) groups is 1. The highest BCUT2D eigenvalue weighted by Crippen LogP contribution is 2.10. The molecule has 1 heterocycles. The van der Waals surface area contributed by atoms with Crippen molar-refractivity contribution < 1.29 is 9.90 Å². The predicted octanol–water partition coefficient (Wildman–Crippen LogP) is 2.08. The van der Waals surface area contributed by atoms with Crippen LogP contribution < -0.4 is 0 Å². The second-order valence-corrected chi connectivity index (χ2v) is 4.59. The molecule has 0 saturated carbocycles. The minimum Gasteiger partial charge on any atom is -0.395 e. The lowest BCUT2D eigenvalue weighted by atomic mass is 10.1. The predicted molar refractivity (Wildman–Crippen MR) is 79.3 cm³/mol. The number of amides is 1. The summed E-state index contributed by atoms with van der Waals surface area (Å²) in [6, 6.07) is 3.73. The van der Waals surface area contributed by atoms with Gasteiger partial charge in [0.25, 0.3) is 5.91 Å². The molecule has 4 nitrogen and oxygen atoms in total. The van der Waals surface area contributed by atoms with Gasteiger partial charge in [-0.05, 0) is 25.0 Å². The van der Waals surface area contributed by atoms with Gasteiger partial charge in [0.2, 0.25) is 0 Å². The van der Waals surface area contributed by atoms with Crippen LogP contribution >= 0.6 is 0 Å². The van der Waals surface area contributed by atoms with Crippen LogP contribution in [0.4, 0.5) is 0 Å². The molecule has 0 bridgehead atoms. The van der Waals surface area contributed by atoms with Crippen LogP contribution in [0.1, 0.15) is 49.2 Å². The second-order valence-electron chi connectivity index (χ2n) is 4.59. The van der Waals surface area contributed by atoms with Crippen molar-refractivity contribution in [2.75, 3.05) is 13.7 Å². The van der Waals surface area contributed by atoms with E-state index in [1.807, 2.05) is 7.05 Å². The second kappa shape index (κ2) is 8.34. The van der Waals surface area contributed by atoms with Crippen LogP contribution in [0.15, 0.2) is 18.3 Å². The van der Waals surface area contributed by atoms with Gasteiger partial charge in [0.15, 0.2) is 0 Å². The Morgan fingerprint density at radius 2 is 2.10 bits per heavy atom. The molecule has 1 aromatic rings. The smallest absolute Gasteiger partial charge is 0.272 e. The van der Waals surface area contributed by atoms with Gasteiger partial charge in [0, 0.05) is 31.3 Å². The van der Waals surface area contributed by atoms with E-state index in [4.69, 9.17) is 5.11 Å². The summed E-state index contributed by atoms with van der Waals surface area (Å²) in [5, 5.41) is 8.65. The van der Waals surface area contributed by atoms with E-state index in [0.29, 0.717) is 12.1 Å². The van der Waals surface area contributed by atoms with Gasteiger partial charge in [-0.3, -0.25) is 4.79 Å². The number of aromatic nitrogens is 1. The van der Waals surface area contributed by atoms with Crippen molar-refractivity contribution in [3.05, 3.63) is 29.6 Å². The van der Waals surface area contributed by atoms with Gasteiger partial charge in [0.1, 0.15) is 5.69 Å². The van der Waals surface area contributed by atoms with Crippen LogP contribution in [-0.2, 0) is 0 Å². The van der Waals surface area contributed by atoms with E-state index in [1.165, 1.54) is 0 Å². The lowest BCUT2D eigenvalue weighted by molar-refractivity contribution is 0.0717. The molecule has 1 N–H and O–H groups in total. The molecule has 0 fully saturated rings. The fourth-order valence-electron chi connectivity index (χ4n) is 2.00. The van der Waals surface area contributed by atoms with E-state index in [9.17, 15) is 4.79 Å². The molecule has 1 amide bonds. The number of pyridine rings is 1. The van der Waals surface area contributed by atoms with Crippen LogP contribution in [0.5, 0.6) is 0 Å². The minimum absolute atomic E-state index is 0.0528. The molecule has 0 radical (unpaired) electrons. The number of carbonyl (C=O) groups excluding carboxylic acids is 1. The van der Waals surface area contributed by atoms with Gasteiger partial charge >= 0.3 is 0 Å². The Bertz CT molecular complexity index is 481. The Morgan fingerprint density at radius 3 is 2.60 bits per heavy atom. The van der Waals surface area contributed by atoms with Gasteiger partial charge in [-0.15, -0.1) is 0 Å². The molecular formula is C16H22N2O2. The summed E-state index contributed by atoms with van der Waals surface area (Å²) < 4.78 is 0. The zero-order valence-electron chi connectivity index (χ0n) is 12.4. The molecule has 0 aliphatic carbocycles. The maximum absolute atomic E-state index is 12.3. The van der Waals surface area contributed by atoms with Gasteiger partial charge in [-0.2, -0.15) is 0 Å². The van der Waals surface area contributed by atoms with Crippen LogP contribution in [-0.4, -0.2) is 40.6 Å². The largest absolute Gasteiger partial charge is 0.395 e. The SMILES string of the molecule is CCC(CC)N(C)C(=O)c1ccc(C#CCCO)cn1. The first-order valence-corrected chi connectivity index (χ1v) is 6.96. The summed E-state index contributed by atoms with van der Waals surface area (Å²) in [5.74, 6) is 5.65. The third kappa shape index (κ3) is 4.36. The highest BCUT2D eigenvalue weighted by atomic mass is 16.2. The summed E-state index contributed by atoms with van der Waals surface area (Å²) in [7, 11) is 1.82. The summed E-state index contributed by atoms with van der Waals surface area (Å²) in [5.41, 5.74) is 1.19. The van der Waals surface area contributed by atoms with E-state index in [0.717, 1.165) is 18.4 Å². The average molecular weight is 274 g/mol. The number of nitrogens with zero attached hydrogens (tertiary/aromatic N) is 2. The molecule has 1 aromatic heterocycles. The van der Waals surface area contributed by atoms with Gasteiger partial charge in [-0.1, -0.05) is 25.7 Å². The number of rotatable bonds is 5. The quantitative estimate of drug-likeness (QED) is 0.836. The molecule has 4 heteroatoms. The van der Waals surface area contributed by atoms with Crippen LogP contribution in [0.3, 0.4) is 0 Å². The van der Waals surface area contributed by atoms with E-state index in [1.54, 1.807) is 23.2 Å². The lowest BCUT2D eigenvalue weighted by Gasteiger charge is -2.25. The minimum atomic E-state index is -0.0615. The molecule has 108 valence electrons. The number of aliphatic hydroxyl groups excluding tert-OH is 1. The van der Waals surface area contributed by atoms with E-state index >= 15 is 0 Å². The highest BCUT2D eigenvalue weighted by Gasteiger charge is 2.18. The number of hydrogen-bond acceptors (Lipinski definition) is 3. The van der Waals surface area contributed by atoms with E-state index in [2.05, 4.69) is 30.7 Å². The monoisotopic (exact) mass is 274 g/mol. The van der Waals surface area contributed by atoms with Crippen LogP contribution in [0.2, 0.25) is 0 Å². The highest BCUT2D eigenvalue weighted by molar-refractivity contribution is 5.92. The van der Waals surface area contributed by atoms with Crippen LogP contribution in [0.25, 0.3) is 0 Å². The summed E-state index contributed by atoms with van der Waals surface area (Å²) in [4.78, 5) is 18.2. The Hall–Kier alpha value is -1.86. The summed E-state index contributed by atoms with van der Waals surface area (Å²) in [6.45, 7) is 4.20. The Balaban J connectivity index is 2.78. The van der Waals surface area contributed by atoms with Crippen molar-refractivity contribution in [3.8, 4) is 11.8 Å². The van der Waals surface area contributed by atoms with Crippen molar-refractivity contribution in [3.63, 3.8) is 0 Å². The molecule has 0 aliphatic rings. The fourth-order valence-corrected chi connectivity index (χ4v) is 2.00. The van der Waals surface area contributed by atoms with Crippen molar-refractivity contribution >= 4 is 5.91 Å². The van der Waals surface area contributed by atoms with Crippen molar-refractivity contribution in [2.24, 2.45) is 0 Å². The maximum Gasteiger partial charge on any atom is 0.272 e. The molecule has 0 aromatic carbocycles. The molecule has 0 atom stereocenters. The topological polar surface area (TPSA) is 53.4 Å². The fraction of sp³-hybridized carbons (Fsp3) is 0.500. The first-order valence-electron chi connectivity index (χ1n) is 6.96. The summed E-state index contributed by atoms with van der Waals surface area (Å²) in [6.07, 6.45) is 3.91.